The number of piperazine rings is 1. The third-order valence-electron chi connectivity index (χ3n) is 5.74. The van der Waals surface area contributed by atoms with E-state index in [0.717, 1.165) is 55.6 Å². The van der Waals surface area contributed by atoms with Crippen LogP contribution in [-0.2, 0) is 17.8 Å². The summed E-state index contributed by atoms with van der Waals surface area (Å²) in [6, 6.07) is 22.3. The molecule has 156 valence electrons. The number of ether oxygens (including phenoxy) is 1. The normalized spacial score (nSPS) is 14.6. The summed E-state index contributed by atoms with van der Waals surface area (Å²) in [7, 11) is 1.69. The molecule has 1 amide bonds. The van der Waals surface area contributed by atoms with Gasteiger partial charge in [0.1, 0.15) is 23.8 Å². The van der Waals surface area contributed by atoms with Crippen molar-refractivity contribution >= 4 is 5.91 Å². The molecule has 1 aromatic heterocycles. The van der Waals surface area contributed by atoms with E-state index < -0.39 is 0 Å². The first-order chi connectivity index (χ1) is 14.7. The molecule has 4 rings (SSSR count). The summed E-state index contributed by atoms with van der Waals surface area (Å²) in [5.41, 5.74) is 2.36. The van der Waals surface area contributed by atoms with Crippen LogP contribution in [0.4, 0.5) is 0 Å². The molecule has 0 spiro atoms. The second-order valence-corrected chi connectivity index (χ2v) is 7.79. The molecule has 1 N–H and O–H groups in total. The second-order valence-electron chi connectivity index (χ2n) is 7.79. The third kappa shape index (κ3) is 5.10. The smallest absolute Gasteiger partial charge is 0.223 e. The first kappa shape index (κ1) is 20.2. The number of aryl methyl sites for hydroxylation is 1. The fourth-order valence-electron chi connectivity index (χ4n) is 3.94. The van der Waals surface area contributed by atoms with Gasteiger partial charge in [-0.15, -0.1) is 0 Å². The number of benzene rings is 2. The predicted octanol–water partition coefficient (Wildman–Crippen LogP) is 2.82. The van der Waals surface area contributed by atoms with Crippen LogP contribution in [0.2, 0.25) is 0 Å². The molecule has 0 radical (unpaired) electrons. The highest BCUT2D eigenvalue weighted by Crippen LogP contribution is 2.22. The van der Waals surface area contributed by atoms with E-state index >= 15 is 0 Å². The highest BCUT2D eigenvalue weighted by molar-refractivity contribution is 5.76. The van der Waals surface area contributed by atoms with E-state index in [1.807, 2.05) is 59.5 Å². The summed E-state index contributed by atoms with van der Waals surface area (Å²) in [5, 5.41) is 0. The predicted molar refractivity (Wildman–Crippen MR) is 116 cm³/mol. The maximum Gasteiger partial charge on any atom is 0.223 e. The van der Waals surface area contributed by atoms with Crippen molar-refractivity contribution in [2.75, 3.05) is 33.3 Å². The summed E-state index contributed by atoms with van der Waals surface area (Å²) < 4.78 is 11.1. The van der Waals surface area contributed by atoms with E-state index in [-0.39, 0.29) is 5.91 Å². The molecular weight excluding hydrogens is 376 g/mol. The van der Waals surface area contributed by atoms with Crippen molar-refractivity contribution in [3.8, 4) is 17.1 Å². The van der Waals surface area contributed by atoms with Gasteiger partial charge in [-0.05, 0) is 36.4 Å². The highest BCUT2D eigenvalue weighted by atomic mass is 16.5. The number of methoxy groups -OCH3 is 1. The lowest BCUT2D eigenvalue weighted by Gasteiger charge is -2.32. The minimum absolute atomic E-state index is 0.219. The van der Waals surface area contributed by atoms with E-state index in [1.165, 1.54) is 10.5 Å². The standard InChI is InChI=1S/C25H28N2O3/c1-29-22-9-7-20(8-10-22)19-26-15-17-27(18-16-26)25(28)14-12-23-11-13-24(30-23)21-5-3-2-4-6-21/h2-11,13H,12,14-19H2,1H3/p+1. The number of carbonyl (C=O) groups excluding carboxylic acids is 1. The first-order valence-corrected chi connectivity index (χ1v) is 10.6. The van der Waals surface area contributed by atoms with E-state index in [1.54, 1.807) is 7.11 Å². The van der Waals surface area contributed by atoms with Gasteiger partial charge in [-0.25, -0.2) is 0 Å². The van der Waals surface area contributed by atoms with Crippen molar-refractivity contribution in [2.45, 2.75) is 19.4 Å². The number of hydrogen-bond donors (Lipinski definition) is 1. The number of nitrogens with one attached hydrogen (secondary N) is 1. The summed E-state index contributed by atoms with van der Waals surface area (Å²) in [5.74, 6) is 2.83. The van der Waals surface area contributed by atoms with Crippen LogP contribution >= 0.6 is 0 Å². The van der Waals surface area contributed by atoms with Gasteiger partial charge in [-0.2, -0.15) is 0 Å². The maximum absolute atomic E-state index is 12.6. The molecule has 0 unspecified atom stereocenters. The number of amides is 1. The van der Waals surface area contributed by atoms with Crippen LogP contribution in [0.25, 0.3) is 11.3 Å². The molecule has 5 nitrogen and oxygen atoms in total. The van der Waals surface area contributed by atoms with Crippen molar-refractivity contribution in [2.24, 2.45) is 0 Å². The lowest BCUT2D eigenvalue weighted by molar-refractivity contribution is -0.917. The number of hydrogen-bond acceptors (Lipinski definition) is 3. The van der Waals surface area contributed by atoms with Gasteiger partial charge in [0, 0.05) is 24.0 Å². The van der Waals surface area contributed by atoms with E-state index in [4.69, 9.17) is 9.15 Å². The number of rotatable bonds is 7. The average Bonchev–Trinajstić information content (AvgIpc) is 3.28. The van der Waals surface area contributed by atoms with E-state index in [0.29, 0.717) is 12.8 Å². The molecular formula is C25H29N2O3+. The largest absolute Gasteiger partial charge is 0.497 e. The van der Waals surface area contributed by atoms with Crippen molar-refractivity contribution in [3.63, 3.8) is 0 Å². The zero-order valence-electron chi connectivity index (χ0n) is 17.5. The Kier molecular flexibility index (Phi) is 6.50. The molecule has 2 heterocycles. The molecule has 1 fully saturated rings. The van der Waals surface area contributed by atoms with Crippen molar-refractivity contribution in [1.82, 2.24) is 4.90 Å². The molecule has 0 atom stereocenters. The fourth-order valence-corrected chi connectivity index (χ4v) is 3.94. The van der Waals surface area contributed by atoms with Crippen LogP contribution in [0.3, 0.4) is 0 Å². The molecule has 5 heteroatoms. The Morgan fingerprint density at radius 3 is 2.43 bits per heavy atom. The Labute approximate surface area is 177 Å². The summed E-state index contributed by atoms with van der Waals surface area (Å²) >= 11 is 0. The minimum Gasteiger partial charge on any atom is -0.497 e. The number of quaternary nitrogens is 1. The summed E-state index contributed by atoms with van der Waals surface area (Å²) in [4.78, 5) is 16.2. The number of carbonyl (C=O) groups is 1. The second kappa shape index (κ2) is 9.63. The Morgan fingerprint density at radius 2 is 1.73 bits per heavy atom. The Morgan fingerprint density at radius 1 is 1.00 bits per heavy atom. The van der Waals surface area contributed by atoms with Crippen LogP contribution in [0.5, 0.6) is 5.75 Å². The molecule has 1 aliphatic heterocycles. The van der Waals surface area contributed by atoms with Gasteiger partial charge in [-0.3, -0.25) is 4.79 Å². The van der Waals surface area contributed by atoms with Gasteiger partial charge in [0.25, 0.3) is 0 Å². The Bertz CT molecular complexity index is 942. The third-order valence-corrected chi connectivity index (χ3v) is 5.74. The van der Waals surface area contributed by atoms with E-state index in [2.05, 4.69) is 12.1 Å². The van der Waals surface area contributed by atoms with Crippen molar-refractivity contribution in [3.05, 3.63) is 78.1 Å². The molecule has 1 saturated heterocycles. The zero-order valence-corrected chi connectivity index (χ0v) is 17.5. The zero-order chi connectivity index (χ0) is 20.8. The molecule has 0 saturated carbocycles. The lowest BCUT2D eigenvalue weighted by atomic mass is 10.1. The fraction of sp³-hybridized carbons (Fsp3) is 0.320. The van der Waals surface area contributed by atoms with Crippen LogP contribution in [0.1, 0.15) is 17.7 Å². The molecule has 3 aromatic rings. The molecule has 30 heavy (non-hydrogen) atoms. The average molecular weight is 406 g/mol. The quantitative estimate of drug-likeness (QED) is 0.658. The van der Waals surface area contributed by atoms with Crippen molar-refractivity contribution in [1.29, 1.82) is 0 Å². The SMILES string of the molecule is COc1ccc(C[NH+]2CCN(C(=O)CCc3ccc(-c4ccccc4)o3)CC2)cc1. The Hall–Kier alpha value is -3.05. The molecule has 2 aromatic carbocycles. The number of nitrogens with zero attached hydrogens (tertiary/aromatic N) is 1. The summed E-state index contributed by atoms with van der Waals surface area (Å²) in [6.45, 7) is 4.59. The van der Waals surface area contributed by atoms with Gasteiger partial charge in [-0.1, -0.05) is 30.3 Å². The molecule has 1 aliphatic rings. The minimum atomic E-state index is 0.219. The molecule has 0 aliphatic carbocycles. The van der Waals surface area contributed by atoms with Crippen molar-refractivity contribution < 1.29 is 18.8 Å². The van der Waals surface area contributed by atoms with Crippen LogP contribution in [0, 0.1) is 0 Å². The van der Waals surface area contributed by atoms with Crippen LogP contribution < -0.4 is 9.64 Å². The van der Waals surface area contributed by atoms with Gasteiger partial charge in [0.2, 0.25) is 5.91 Å². The Balaban J connectivity index is 1.22. The van der Waals surface area contributed by atoms with Gasteiger partial charge in [0.05, 0.1) is 33.3 Å². The topological polar surface area (TPSA) is 47.1 Å². The van der Waals surface area contributed by atoms with Gasteiger partial charge >= 0.3 is 0 Å². The van der Waals surface area contributed by atoms with Gasteiger partial charge < -0.3 is 19.0 Å². The number of furan rings is 1. The highest BCUT2D eigenvalue weighted by Gasteiger charge is 2.23. The van der Waals surface area contributed by atoms with Crippen LogP contribution in [-0.4, -0.2) is 44.1 Å². The maximum atomic E-state index is 12.6. The monoisotopic (exact) mass is 405 g/mol. The first-order valence-electron chi connectivity index (χ1n) is 10.6. The summed E-state index contributed by atoms with van der Waals surface area (Å²) in [6.07, 6.45) is 1.14. The lowest BCUT2D eigenvalue weighted by Crippen LogP contribution is -3.13. The molecule has 0 bridgehead atoms. The van der Waals surface area contributed by atoms with E-state index in [9.17, 15) is 4.79 Å². The van der Waals surface area contributed by atoms with Gasteiger partial charge in [0.15, 0.2) is 0 Å². The van der Waals surface area contributed by atoms with Crippen LogP contribution in [0.15, 0.2) is 71.1 Å².